The van der Waals surface area contributed by atoms with Crippen molar-refractivity contribution in [2.75, 3.05) is 12.3 Å². The van der Waals surface area contributed by atoms with E-state index < -0.39 is 10.8 Å². The van der Waals surface area contributed by atoms with Gasteiger partial charge >= 0.3 is 0 Å². The molecule has 0 radical (unpaired) electrons. The lowest BCUT2D eigenvalue weighted by Crippen LogP contribution is -2.11. The van der Waals surface area contributed by atoms with E-state index in [0.29, 0.717) is 22.5 Å². The molecular formula is C9H11BrFNOS. The molecular weight excluding hydrogens is 269 g/mol. The van der Waals surface area contributed by atoms with Gasteiger partial charge in [0.05, 0.1) is 0 Å². The fourth-order valence-electron chi connectivity index (χ4n) is 1.02. The van der Waals surface area contributed by atoms with E-state index in [1.165, 1.54) is 12.1 Å². The summed E-state index contributed by atoms with van der Waals surface area (Å²) in [4.78, 5) is 0. The second kappa shape index (κ2) is 5.58. The highest BCUT2D eigenvalue weighted by Gasteiger charge is 2.05. The maximum atomic E-state index is 12.7. The summed E-state index contributed by atoms with van der Waals surface area (Å²) in [6.45, 7) is 0.408. The number of hydrogen-bond donors (Lipinski definition) is 1. The van der Waals surface area contributed by atoms with Gasteiger partial charge in [0.25, 0.3) is 0 Å². The average Bonchev–Trinajstić information content (AvgIpc) is 2.10. The van der Waals surface area contributed by atoms with Gasteiger partial charge in [-0.1, -0.05) is 22.0 Å². The summed E-state index contributed by atoms with van der Waals surface area (Å²) in [6.07, 6.45) is 0. The van der Waals surface area contributed by atoms with Crippen molar-refractivity contribution in [1.29, 1.82) is 0 Å². The Morgan fingerprint density at radius 1 is 1.50 bits per heavy atom. The van der Waals surface area contributed by atoms with Crippen molar-refractivity contribution in [2.45, 2.75) is 5.75 Å². The molecule has 0 saturated carbocycles. The van der Waals surface area contributed by atoms with Gasteiger partial charge in [-0.3, -0.25) is 4.21 Å². The van der Waals surface area contributed by atoms with Crippen LogP contribution in [0.4, 0.5) is 4.39 Å². The van der Waals surface area contributed by atoms with Crippen molar-refractivity contribution in [3.63, 3.8) is 0 Å². The molecule has 0 aliphatic carbocycles. The highest BCUT2D eigenvalue weighted by Crippen LogP contribution is 2.19. The second-order valence-corrected chi connectivity index (χ2v) is 5.24. The highest BCUT2D eigenvalue weighted by atomic mass is 79.9. The first-order chi connectivity index (χ1) is 6.63. The van der Waals surface area contributed by atoms with E-state index in [9.17, 15) is 8.60 Å². The number of nitrogens with two attached hydrogens (primary N) is 1. The molecule has 5 heteroatoms. The average molecular weight is 280 g/mol. The molecule has 0 heterocycles. The van der Waals surface area contributed by atoms with Crippen LogP contribution in [0, 0.1) is 5.82 Å². The predicted octanol–water partition coefficient (Wildman–Crippen LogP) is 1.80. The standard InChI is InChI=1S/C9H11BrFNOS/c10-9-5-8(11)2-1-7(9)6-14(13)4-3-12/h1-2,5H,3-4,6,12H2. The van der Waals surface area contributed by atoms with Gasteiger partial charge in [0.1, 0.15) is 5.82 Å². The van der Waals surface area contributed by atoms with Crippen molar-refractivity contribution >= 4 is 26.7 Å². The third kappa shape index (κ3) is 3.48. The number of halogens is 2. The summed E-state index contributed by atoms with van der Waals surface area (Å²) >= 11 is 3.22. The fourth-order valence-corrected chi connectivity index (χ4v) is 2.70. The number of hydrogen-bond acceptors (Lipinski definition) is 2. The van der Waals surface area contributed by atoms with Crippen molar-refractivity contribution < 1.29 is 8.60 Å². The molecule has 78 valence electrons. The van der Waals surface area contributed by atoms with Crippen LogP contribution in [0.25, 0.3) is 0 Å². The van der Waals surface area contributed by atoms with Crippen LogP contribution in [0.1, 0.15) is 5.56 Å². The molecule has 1 aromatic rings. The van der Waals surface area contributed by atoms with Gasteiger partial charge in [-0.25, -0.2) is 4.39 Å². The Morgan fingerprint density at radius 2 is 2.21 bits per heavy atom. The molecule has 0 aliphatic rings. The number of benzene rings is 1. The van der Waals surface area contributed by atoms with Crippen LogP contribution in [0.5, 0.6) is 0 Å². The first kappa shape index (κ1) is 11.8. The Bertz CT molecular complexity index is 346. The van der Waals surface area contributed by atoms with E-state index in [1.54, 1.807) is 6.07 Å². The summed E-state index contributed by atoms with van der Waals surface area (Å²) in [6, 6.07) is 4.36. The van der Waals surface area contributed by atoms with Crippen LogP contribution in [-0.2, 0) is 16.6 Å². The fraction of sp³-hybridized carbons (Fsp3) is 0.333. The Balaban J connectivity index is 2.72. The minimum absolute atomic E-state index is 0.301. The smallest absolute Gasteiger partial charge is 0.124 e. The third-order valence-electron chi connectivity index (χ3n) is 1.68. The molecule has 1 rings (SSSR count). The first-order valence-electron chi connectivity index (χ1n) is 4.12. The van der Waals surface area contributed by atoms with Gasteiger partial charge in [-0.15, -0.1) is 0 Å². The van der Waals surface area contributed by atoms with Crippen molar-refractivity contribution in [3.8, 4) is 0 Å². The molecule has 2 N–H and O–H groups in total. The quantitative estimate of drug-likeness (QED) is 0.913. The van der Waals surface area contributed by atoms with Crippen LogP contribution in [0.15, 0.2) is 22.7 Å². The zero-order chi connectivity index (χ0) is 10.6. The van der Waals surface area contributed by atoms with Gasteiger partial charge in [0, 0.05) is 33.3 Å². The normalized spacial score (nSPS) is 12.8. The Hall–Kier alpha value is -0.260. The van der Waals surface area contributed by atoms with E-state index in [4.69, 9.17) is 5.73 Å². The first-order valence-corrected chi connectivity index (χ1v) is 6.40. The number of rotatable bonds is 4. The lowest BCUT2D eigenvalue weighted by Gasteiger charge is -2.03. The predicted molar refractivity (Wildman–Crippen MR) is 59.9 cm³/mol. The zero-order valence-electron chi connectivity index (χ0n) is 7.50. The van der Waals surface area contributed by atoms with Crippen LogP contribution >= 0.6 is 15.9 Å². The molecule has 0 bridgehead atoms. The van der Waals surface area contributed by atoms with Crippen molar-refractivity contribution in [2.24, 2.45) is 5.73 Å². The summed E-state index contributed by atoms with van der Waals surface area (Å²) in [7, 11) is -0.965. The van der Waals surface area contributed by atoms with Crippen LogP contribution in [0.3, 0.4) is 0 Å². The highest BCUT2D eigenvalue weighted by molar-refractivity contribution is 9.10. The second-order valence-electron chi connectivity index (χ2n) is 2.81. The molecule has 2 nitrogen and oxygen atoms in total. The van der Waals surface area contributed by atoms with Crippen molar-refractivity contribution in [3.05, 3.63) is 34.1 Å². The summed E-state index contributed by atoms with van der Waals surface area (Å²) in [5.41, 5.74) is 6.13. The topological polar surface area (TPSA) is 43.1 Å². The third-order valence-corrected chi connectivity index (χ3v) is 3.74. The lowest BCUT2D eigenvalue weighted by atomic mass is 10.2. The maximum Gasteiger partial charge on any atom is 0.124 e. The van der Waals surface area contributed by atoms with Gasteiger partial charge in [0.2, 0.25) is 0 Å². The maximum absolute atomic E-state index is 12.7. The minimum Gasteiger partial charge on any atom is -0.330 e. The van der Waals surface area contributed by atoms with Crippen molar-refractivity contribution in [1.82, 2.24) is 0 Å². The Labute approximate surface area is 93.3 Å². The molecule has 0 fully saturated rings. The molecule has 0 aliphatic heterocycles. The molecule has 14 heavy (non-hydrogen) atoms. The summed E-state index contributed by atoms with van der Waals surface area (Å²) in [5, 5.41) is 0. The van der Waals surface area contributed by atoms with Gasteiger partial charge < -0.3 is 5.73 Å². The van der Waals surface area contributed by atoms with Crippen LogP contribution in [-0.4, -0.2) is 16.5 Å². The van der Waals surface area contributed by atoms with Gasteiger partial charge in [-0.05, 0) is 17.7 Å². The van der Waals surface area contributed by atoms with Crippen LogP contribution < -0.4 is 5.73 Å². The van der Waals surface area contributed by atoms with E-state index in [2.05, 4.69) is 15.9 Å². The Kier molecular flexibility index (Phi) is 4.71. The lowest BCUT2D eigenvalue weighted by molar-refractivity contribution is 0.626. The van der Waals surface area contributed by atoms with Crippen LogP contribution in [0.2, 0.25) is 0 Å². The largest absolute Gasteiger partial charge is 0.330 e. The summed E-state index contributed by atoms with van der Waals surface area (Å²) in [5.74, 6) is 0.590. The van der Waals surface area contributed by atoms with Gasteiger partial charge in [0.15, 0.2) is 0 Å². The molecule has 0 aromatic heterocycles. The van der Waals surface area contributed by atoms with E-state index in [0.717, 1.165) is 5.56 Å². The van der Waals surface area contributed by atoms with Gasteiger partial charge in [-0.2, -0.15) is 0 Å². The molecule has 0 spiro atoms. The van der Waals surface area contributed by atoms with E-state index in [1.807, 2.05) is 0 Å². The monoisotopic (exact) mass is 279 g/mol. The summed E-state index contributed by atoms with van der Waals surface area (Å²) < 4.78 is 24.7. The Morgan fingerprint density at radius 3 is 2.79 bits per heavy atom. The van der Waals surface area contributed by atoms with E-state index >= 15 is 0 Å². The van der Waals surface area contributed by atoms with E-state index in [-0.39, 0.29) is 5.82 Å². The minimum atomic E-state index is -0.965. The molecule has 0 saturated heterocycles. The molecule has 1 unspecified atom stereocenters. The molecule has 1 atom stereocenters. The molecule has 1 aromatic carbocycles. The molecule has 0 amide bonds. The zero-order valence-corrected chi connectivity index (χ0v) is 9.91. The SMILES string of the molecule is NCCS(=O)Cc1ccc(F)cc1Br.